The monoisotopic (exact) mass is 363 g/mol. The zero-order chi connectivity index (χ0) is 17.9. The summed E-state index contributed by atoms with van der Waals surface area (Å²) in [6, 6.07) is 7.62. The summed E-state index contributed by atoms with van der Waals surface area (Å²) in [6.45, 7) is 3.94. The van der Waals surface area contributed by atoms with Crippen LogP contribution in [0, 0.1) is 13.8 Å². The summed E-state index contributed by atoms with van der Waals surface area (Å²) in [7, 11) is -3.52. The minimum absolute atomic E-state index is 0.209. The van der Waals surface area contributed by atoms with Crippen LogP contribution in [-0.4, -0.2) is 31.2 Å². The highest BCUT2D eigenvalue weighted by Gasteiger charge is 2.30. The standard InChI is InChI=1S/C17H21N3O4S/c1-12-3-5-14(6-4-12)9-10-25(21,22)18-11-15-7-8-16(23-15)17-19-13(2)20-24-17/h3-6,9-10,15-16,18H,7-8,11H2,1-2H3/b10-9+/t15-,16+/m1/s1. The highest BCUT2D eigenvalue weighted by atomic mass is 32.2. The van der Waals surface area contributed by atoms with E-state index in [-0.39, 0.29) is 18.8 Å². The lowest BCUT2D eigenvalue weighted by Crippen LogP contribution is -2.30. The number of aryl methyl sites for hydroxylation is 2. The van der Waals surface area contributed by atoms with Gasteiger partial charge in [0.05, 0.1) is 6.10 Å². The van der Waals surface area contributed by atoms with Crippen LogP contribution in [-0.2, 0) is 14.8 Å². The average Bonchev–Trinajstić information content (AvgIpc) is 3.21. The van der Waals surface area contributed by atoms with E-state index in [0.29, 0.717) is 11.7 Å². The molecule has 25 heavy (non-hydrogen) atoms. The van der Waals surface area contributed by atoms with Gasteiger partial charge in [0.25, 0.3) is 5.89 Å². The molecule has 1 aliphatic rings. The van der Waals surface area contributed by atoms with Crippen molar-refractivity contribution in [2.24, 2.45) is 0 Å². The maximum atomic E-state index is 12.1. The van der Waals surface area contributed by atoms with E-state index in [1.165, 1.54) is 5.41 Å². The SMILES string of the molecule is Cc1ccc(/C=C/S(=O)(=O)NC[C@H]2CC[C@@H](c3nc(C)no3)O2)cc1. The molecular weight excluding hydrogens is 342 g/mol. The summed E-state index contributed by atoms with van der Waals surface area (Å²) in [5, 5.41) is 4.92. The van der Waals surface area contributed by atoms with Crippen LogP contribution in [0.4, 0.5) is 0 Å². The molecule has 2 atom stereocenters. The van der Waals surface area contributed by atoms with Gasteiger partial charge in [0.1, 0.15) is 6.10 Å². The minimum atomic E-state index is -3.52. The van der Waals surface area contributed by atoms with Crippen LogP contribution in [0.5, 0.6) is 0 Å². The maximum Gasteiger partial charge on any atom is 0.255 e. The van der Waals surface area contributed by atoms with Crippen molar-refractivity contribution in [3.63, 3.8) is 0 Å². The number of ether oxygens (including phenoxy) is 1. The summed E-state index contributed by atoms with van der Waals surface area (Å²) in [5.74, 6) is 1.01. The second kappa shape index (κ2) is 7.47. The van der Waals surface area contributed by atoms with Gasteiger partial charge in [-0.15, -0.1) is 0 Å². The van der Waals surface area contributed by atoms with Crippen molar-refractivity contribution in [3.05, 3.63) is 52.5 Å². The molecule has 7 nitrogen and oxygen atoms in total. The quantitative estimate of drug-likeness (QED) is 0.847. The summed E-state index contributed by atoms with van der Waals surface area (Å²) in [6.07, 6.45) is 2.56. The number of sulfonamides is 1. The van der Waals surface area contributed by atoms with E-state index in [9.17, 15) is 8.42 Å². The van der Waals surface area contributed by atoms with Crippen LogP contribution in [0.25, 0.3) is 6.08 Å². The normalized spacial score (nSPS) is 21.2. The van der Waals surface area contributed by atoms with Crippen LogP contribution in [0.2, 0.25) is 0 Å². The molecule has 1 N–H and O–H groups in total. The first-order chi connectivity index (χ1) is 11.9. The lowest BCUT2D eigenvalue weighted by molar-refractivity contribution is 0.0290. The van der Waals surface area contributed by atoms with Gasteiger partial charge in [-0.3, -0.25) is 0 Å². The first-order valence-corrected chi connectivity index (χ1v) is 9.66. The highest BCUT2D eigenvalue weighted by molar-refractivity contribution is 7.92. The van der Waals surface area contributed by atoms with E-state index in [1.807, 2.05) is 31.2 Å². The molecule has 0 radical (unpaired) electrons. The number of nitrogens with zero attached hydrogens (tertiary/aromatic N) is 2. The molecule has 0 saturated carbocycles. The number of hydrogen-bond acceptors (Lipinski definition) is 6. The van der Waals surface area contributed by atoms with Gasteiger partial charge >= 0.3 is 0 Å². The fourth-order valence-electron chi connectivity index (χ4n) is 2.58. The van der Waals surface area contributed by atoms with Crippen molar-refractivity contribution >= 4 is 16.1 Å². The third-order valence-corrected chi connectivity index (χ3v) is 5.02. The zero-order valence-corrected chi connectivity index (χ0v) is 15.0. The number of aromatic nitrogens is 2. The van der Waals surface area contributed by atoms with Gasteiger partial charge in [-0.2, -0.15) is 4.98 Å². The summed E-state index contributed by atoms with van der Waals surface area (Å²) < 4.78 is 37.6. The van der Waals surface area contributed by atoms with Crippen LogP contribution >= 0.6 is 0 Å². The Morgan fingerprint density at radius 3 is 2.68 bits per heavy atom. The third kappa shape index (κ3) is 4.97. The van der Waals surface area contributed by atoms with E-state index in [1.54, 1.807) is 13.0 Å². The minimum Gasteiger partial charge on any atom is -0.364 e. The largest absolute Gasteiger partial charge is 0.364 e. The predicted molar refractivity (Wildman–Crippen MR) is 93.0 cm³/mol. The fourth-order valence-corrected chi connectivity index (χ4v) is 3.44. The van der Waals surface area contributed by atoms with Gasteiger partial charge in [-0.1, -0.05) is 35.0 Å². The topological polar surface area (TPSA) is 94.3 Å². The third-order valence-electron chi connectivity index (χ3n) is 3.96. The van der Waals surface area contributed by atoms with Gasteiger partial charge in [0, 0.05) is 12.0 Å². The fraction of sp³-hybridized carbons (Fsp3) is 0.412. The first kappa shape index (κ1) is 17.8. The molecule has 8 heteroatoms. The first-order valence-electron chi connectivity index (χ1n) is 8.11. The van der Waals surface area contributed by atoms with Crippen molar-refractivity contribution in [1.29, 1.82) is 0 Å². The Bertz CT molecular complexity index is 843. The van der Waals surface area contributed by atoms with Gasteiger partial charge in [0.15, 0.2) is 5.82 Å². The van der Waals surface area contributed by atoms with Crippen LogP contribution < -0.4 is 4.72 Å². The number of hydrogen-bond donors (Lipinski definition) is 1. The van der Waals surface area contributed by atoms with Crippen molar-refractivity contribution in [3.8, 4) is 0 Å². The molecule has 1 fully saturated rings. The van der Waals surface area contributed by atoms with E-state index in [0.717, 1.165) is 24.0 Å². The molecule has 0 unspecified atom stereocenters. The van der Waals surface area contributed by atoms with Crippen molar-refractivity contribution in [2.75, 3.05) is 6.54 Å². The Hall–Kier alpha value is -2.03. The Morgan fingerprint density at radius 1 is 1.24 bits per heavy atom. The van der Waals surface area contributed by atoms with Gasteiger partial charge < -0.3 is 9.26 Å². The van der Waals surface area contributed by atoms with Crippen molar-refractivity contribution in [1.82, 2.24) is 14.9 Å². The second-order valence-corrected chi connectivity index (χ2v) is 7.76. The second-order valence-electron chi connectivity index (χ2n) is 6.11. The molecule has 2 aromatic rings. The lowest BCUT2D eigenvalue weighted by Gasteiger charge is -2.11. The van der Waals surface area contributed by atoms with Crippen LogP contribution in [0.3, 0.4) is 0 Å². The maximum absolute atomic E-state index is 12.1. The van der Waals surface area contributed by atoms with Gasteiger partial charge in [-0.05, 0) is 38.3 Å². The van der Waals surface area contributed by atoms with Crippen molar-refractivity contribution in [2.45, 2.75) is 38.9 Å². The highest BCUT2D eigenvalue weighted by Crippen LogP contribution is 2.31. The molecule has 0 amide bonds. The van der Waals surface area contributed by atoms with Crippen LogP contribution in [0.15, 0.2) is 34.2 Å². The Labute approximate surface area is 147 Å². The summed E-state index contributed by atoms with van der Waals surface area (Å²) in [5.41, 5.74) is 1.96. The molecule has 1 saturated heterocycles. The predicted octanol–water partition coefficient (Wildman–Crippen LogP) is 2.50. The van der Waals surface area contributed by atoms with Crippen molar-refractivity contribution < 1.29 is 17.7 Å². The molecule has 0 spiro atoms. The number of nitrogens with one attached hydrogen (secondary N) is 1. The Kier molecular flexibility index (Phi) is 5.31. The Balaban J connectivity index is 1.51. The molecule has 0 aliphatic carbocycles. The van der Waals surface area contributed by atoms with E-state index in [2.05, 4.69) is 14.9 Å². The lowest BCUT2D eigenvalue weighted by atomic mass is 10.2. The van der Waals surface area contributed by atoms with Crippen LogP contribution in [0.1, 0.15) is 41.8 Å². The molecule has 2 heterocycles. The molecule has 1 aromatic carbocycles. The van der Waals surface area contributed by atoms with E-state index in [4.69, 9.17) is 9.26 Å². The average molecular weight is 363 g/mol. The van der Waals surface area contributed by atoms with Gasteiger partial charge in [0.2, 0.25) is 10.0 Å². The molecule has 0 bridgehead atoms. The molecule has 3 rings (SSSR count). The molecule has 1 aliphatic heterocycles. The molecule has 134 valence electrons. The number of benzene rings is 1. The molecule has 1 aromatic heterocycles. The number of rotatable bonds is 6. The zero-order valence-electron chi connectivity index (χ0n) is 14.2. The van der Waals surface area contributed by atoms with Gasteiger partial charge in [-0.25, -0.2) is 13.1 Å². The summed E-state index contributed by atoms with van der Waals surface area (Å²) >= 11 is 0. The smallest absolute Gasteiger partial charge is 0.255 e. The summed E-state index contributed by atoms with van der Waals surface area (Å²) in [4.78, 5) is 4.15. The van der Waals surface area contributed by atoms with E-state index >= 15 is 0 Å². The van der Waals surface area contributed by atoms with E-state index < -0.39 is 10.0 Å². The Morgan fingerprint density at radius 2 is 2.00 bits per heavy atom. The molecular formula is C17H21N3O4S.